The van der Waals surface area contributed by atoms with Crippen LogP contribution in [0.4, 0.5) is 0 Å². The minimum Gasteiger partial charge on any atom is -0.495 e. The highest BCUT2D eigenvalue weighted by atomic mass is 16.5. The lowest BCUT2D eigenvalue weighted by Gasteiger charge is -2.09. The Balaban J connectivity index is 2.36. The van der Waals surface area contributed by atoms with E-state index in [1.54, 1.807) is 0 Å². The average molecular weight is 196 g/mol. The molecule has 0 aromatic carbocycles. The Morgan fingerprint density at radius 3 is 2.79 bits per heavy atom. The first-order valence-corrected chi connectivity index (χ1v) is 5.30. The smallest absolute Gasteiger partial charge is 0.133 e. The van der Waals surface area contributed by atoms with Gasteiger partial charge in [0.25, 0.3) is 0 Å². The maximum Gasteiger partial charge on any atom is 0.133 e. The molecular weight excluding hydrogens is 176 g/mol. The summed E-state index contributed by atoms with van der Waals surface area (Å²) in [5.41, 5.74) is 1.23. The van der Waals surface area contributed by atoms with E-state index in [4.69, 9.17) is 9.47 Å². The molecule has 1 aliphatic heterocycles. The number of ether oxygens (including phenoxy) is 2. The van der Waals surface area contributed by atoms with E-state index in [2.05, 4.69) is 13.5 Å². The third-order valence-corrected chi connectivity index (χ3v) is 2.28. The fourth-order valence-corrected chi connectivity index (χ4v) is 1.46. The number of allylic oxidation sites excluding steroid dienone is 3. The molecule has 0 unspecified atom stereocenters. The van der Waals surface area contributed by atoms with Crippen LogP contribution in [-0.4, -0.2) is 13.2 Å². The van der Waals surface area contributed by atoms with Crippen molar-refractivity contribution in [1.82, 2.24) is 0 Å². The fraction of sp³-hybridized carbons (Fsp3) is 0.667. The Morgan fingerprint density at radius 2 is 2.07 bits per heavy atom. The summed E-state index contributed by atoms with van der Waals surface area (Å²) in [4.78, 5) is 0. The molecule has 2 nitrogen and oxygen atoms in total. The molecule has 0 saturated heterocycles. The molecule has 14 heavy (non-hydrogen) atoms. The van der Waals surface area contributed by atoms with Crippen LogP contribution in [-0.2, 0) is 9.47 Å². The maximum atomic E-state index is 5.62. The van der Waals surface area contributed by atoms with Gasteiger partial charge in [-0.3, -0.25) is 0 Å². The highest BCUT2D eigenvalue weighted by molar-refractivity contribution is 5.01. The predicted molar refractivity (Wildman–Crippen MR) is 57.9 cm³/mol. The average Bonchev–Trinajstić information content (AvgIpc) is 2.31. The van der Waals surface area contributed by atoms with Crippen molar-refractivity contribution >= 4 is 0 Å². The van der Waals surface area contributed by atoms with Gasteiger partial charge in [-0.2, -0.15) is 0 Å². The molecule has 0 aromatic heterocycles. The van der Waals surface area contributed by atoms with Crippen LogP contribution in [0.5, 0.6) is 0 Å². The molecule has 0 radical (unpaired) electrons. The molecule has 0 atom stereocenters. The van der Waals surface area contributed by atoms with E-state index in [9.17, 15) is 0 Å². The molecule has 0 amide bonds. The normalized spacial score (nSPS) is 17.0. The minimum atomic E-state index is 0.788. The summed E-state index contributed by atoms with van der Waals surface area (Å²) in [5.74, 6) is 1.99. The van der Waals surface area contributed by atoms with Crippen molar-refractivity contribution in [2.45, 2.75) is 39.5 Å². The van der Waals surface area contributed by atoms with E-state index in [0.29, 0.717) is 0 Å². The summed E-state index contributed by atoms with van der Waals surface area (Å²) in [6, 6.07) is 0. The number of rotatable bonds is 4. The SMILES string of the molecule is C=C(C)CCCC1=C(C)OCCCO1. The Bertz CT molecular complexity index is 228. The fourth-order valence-electron chi connectivity index (χ4n) is 1.46. The van der Waals surface area contributed by atoms with Crippen LogP contribution in [0.1, 0.15) is 39.5 Å². The van der Waals surface area contributed by atoms with Crippen LogP contribution in [0.25, 0.3) is 0 Å². The van der Waals surface area contributed by atoms with Gasteiger partial charge in [-0.05, 0) is 26.7 Å². The largest absolute Gasteiger partial charge is 0.495 e. The first-order chi connectivity index (χ1) is 6.70. The Labute approximate surface area is 86.6 Å². The van der Waals surface area contributed by atoms with Crippen LogP contribution >= 0.6 is 0 Å². The summed E-state index contributed by atoms with van der Waals surface area (Å²) in [7, 11) is 0. The third kappa shape index (κ3) is 3.86. The summed E-state index contributed by atoms with van der Waals surface area (Å²) in [6.07, 6.45) is 4.13. The Morgan fingerprint density at radius 1 is 1.36 bits per heavy atom. The van der Waals surface area contributed by atoms with E-state index < -0.39 is 0 Å². The second-order valence-electron chi connectivity index (χ2n) is 3.84. The van der Waals surface area contributed by atoms with Gasteiger partial charge >= 0.3 is 0 Å². The molecule has 0 aliphatic carbocycles. The van der Waals surface area contributed by atoms with E-state index in [-0.39, 0.29) is 0 Å². The van der Waals surface area contributed by atoms with Crippen LogP contribution in [0, 0.1) is 0 Å². The summed E-state index contributed by atoms with van der Waals surface area (Å²) >= 11 is 0. The van der Waals surface area contributed by atoms with Gasteiger partial charge in [0, 0.05) is 12.8 Å². The minimum absolute atomic E-state index is 0.788. The van der Waals surface area contributed by atoms with Gasteiger partial charge in [0.05, 0.1) is 13.2 Å². The Kier molecular flexibility index (Phi) is 4.57. The second-order valence-corrected chi connectivity index (χ2v) is 3.84. The van der Waals surface area contributed by atoms with Gasteiger partial charge in [-0.15, -0.1) is 6.58 Å². The molecule has 0 spiro atoms. The van der Waals surface area contributed by atoms with Crippen molar-refractivity contribution in [3.8, 4) is 0 Å². The van der Waals surface area contributed by atoms with E-state index in [1.165, 1.54) is 5.57 Å². The number of hydrogen-bond acceptors (Lipinski definition) is 2. The zero-order valence-electron chi connectivity index (χ0n) is 9.27. The van der Waals surface area contributed by atoms with Crippen molar-refractivity contribution in [3.05, 3.63) is 23.7 Å². The first kappa shape index (κ1) is 11.2. The zero-order valence-corrected chi connectivity index (χ0v) is 9.27. The maximum absolute atomic E-state index is 5.62. The Hall–Kier alpha value is -0.920. The number of hydrogen-bond donors (Lipinski definition) is 0. The van der Waals surface area contributed by atoms with Crippen LogP contribution in [0.15, 0.2) is 23.7 Å². The molecular formula is C12H20O2. The summed E-state index contributed by atoms with van der Waals surface area (Å²) in [6.45, 7) is 9.51. The van der Waals surface area contributed by atoms with Gasteiger partial charge in [0.2, 0.25) is 0 Å². The van der Waals surface area contributed by atoms with Crippen LogP contribution in [0.2, 0.25) is 0 Å². The molecule has 0 saturated carbocycles. The van der Waals surface area contributed by atoms with Crippen molar-refractivity contribution in [1.29, 1.82) is 0 Å². The highest BCUT2D eigenvalue weighted by Crippen LogP contribution is 2.19. The lowest BCUT2D eigenvalue weighted by atomic mass is 10.1. The molecule has 0 aromatic rings. The van der Waals surface area contributed by atoms with Gasteiger partial charge in [-0.1, -0.05) is 5.57 Å². The molecule has 0 fully saturated rings. The lowest BCUT2D eigenvalue weighted by molar-refractivity contribution is 0.202. The van der Waals surface area contributed by atoms with Gasteiger partial charge in [0.15, 0.2) is 0 Å². The second kappa shape index (κ2) is 5.74. The predicted octanol–water partition coefficient (Wildman–Crippen LogP) is 3.40. The molecule has 1 heterocycles. The summed E-state index contributed by atoms with van der Waals surface area (Å²) < 4.78 is 11.1. The molecule has 1 rings (SSSR count). The molecule has 2 heteroatoms. The first-order valence-electron chi connectivity index (χ1n) is 5.30. The van der Waals surface area contributed by atoms with Gasteiger partial charge < -0.3 is 9.47 Å². The quantitative estimate of drug-likeness (QED) is 0.641. The van der Waals surface area contributed by atoms with Crippen LogP contribution in [0.3, 0.4) is 0 Å². The van der Waals surface area contributed by atoms with E-state index >= 15 is 0 Å². The molecule has 1 aliphatic rings. The molecule has 0 bridgehead atoms. The van der Waals surface area contributed by atoms with Crippen molar-refractivity contribution in [2.24, 2.45) is 0 Å². The van der Waals surface area contributed by atoms with Crippen LogP contribution < -0.4 is 0 Å². The van der Waals surface area contributed by atoms with Crippen molar-refractivity contribution in [2.75, 3.05) is 13.2 Å². The standard InChI is InChI=1S/C12H20O2/c1-10(2)6-4-7-12-11(3)13-8-5-9-14-12/h1,4-9H2,2-3H3. The molecule has 80 valence electrons. The third-order valence-electron chi connectivity index (χ3n) is 2.28. The zero-order chi connectivity index (χ0) is 10.4. The van der Waals surface area contributed by atoms with E-state index in [1.807, 2.05) is 6.92 Å². The van der Waals surface area contributed by atoms with Gasteiger partial charge in [-0.25, -0.2) is 0 Å². The lowest BCUT2D eigenvalue weighted by Crippen LogP contribution is -1.95. The highest BCUT2D eigenvalue weighted by Gasteiger charge is 2.09. The molecule has 0 N–H and O–H groups in total. The summed E-state index contributed by atoms with van der Waals surface area (Å²) in [5, 5.41) is 0. The van der Waals surface area contributed by atoms with Gasteiger partial charge in [0.1, 0.15) is 11.5 Å². The van der Waals surface area contributed by atoms with E-state index in [0.717, 1.165) is 50.4 Å². The van der Waals surface area contributed by atoms with Crippen molar-refractivity contribution < 1.29 is 9.47 Å². The monoisotopic (exact) mass is 196 g/mol. The van der Waals surface area contributed by atoms with Crippen molar-refractivity contribution in [3.63, 3.8) is 0 Å². The topological polar surface area (TPSA) is 18.5 Å².